The van der Waals surface area contributed by atoms with Gasteiger partial charge < -0.3 is 19.2 Å². The summed E-state index contributed by atoms with van der Waals surface area (Å²) >= 11 is 0. The molecule has 5 heteroatoms. The Balaban J connectivity index is 2.86. The summed E-state index contributed by atoms with van der Waals surface area (Å²) in [5.41, 5.74) is 0. The van der Waals surface area contributed by atoms with Crippen LogP contribution < -0.4 is 0 Å². The standard InChI is InChI=1S/C14H31NO3Si/c1-7-19(8-2,9-3)18-12-10-13(16)17-11(4)14(12)15(5)6/h11-14,16H,7-10H2,1-6H3/t11-,12-,13-,14+/m0/s1. The molecule has 0 radical (unpaired) electrons. The van der Waals surface area contributed by atoms with Gasteiger partial charge >= 0.3 is 0 Å². The van der Waals surface area contributed by atoms with Gasteiger partial charge in [-0.3, -0.25) is 0 Å². The lowest BCUT2D eigenvalue weighted by atomic mass is 9.99. The molecular formula is C14H31NO3Si. The summed E-state index contributed by atoms with van der Waals surface area (Å²) < 4.78 is 12.2. The van der Waals surface area contributed by atoms with Crippen molar-refractivity contribution in [1.82, 2.24) is 4.90 Å². The summed E-state index contributed by atoms with van der Waals surface area (Å²) in [6, 6.07) is 3.64. The largest absolute Gasteiger partial charge is 0.412 e. The van der Waals surface area contributed by atoms with E-state index in [0.717, 1.165) is 18.1 Å². The minimum absolute atomic E-state index is 0.000943. The van der Waals surface area contributed by atoms with E-state index in [4.69, 9.17) is 9.16 Å². The highest BCUT2D eigenvalue weighted by Gasteiger charge is 2.42. The van der Waals surface area contributed by atoms with Crippen LogP contribution in [0.25, 0.3) is 0 Å². The van der Waals surface area contributed by atoms with E-state index >= 15 is 0 Å². The van der Waals surface area contributed by atoms with E-state index < -0.39 is 14.6 Å². The van der Waals surface area contributed by atoms with Gasteiger partial charge in [0.25, 0.3) is 0 Å². The maximum absolute atomic E-state index is 9.86. The lowest BCUT2D eigenvalue weighted by molar-refractivity contribution is -0.206. The van der Waals surface area contributed by atoms with Gasteiger partial charge in [-0.15, -0.1) is 0 Å². The van der Waals surface area contributed by atoms with Gasteiger partial charge in [0, 0.05) is 6.42 Å². The van der Waals surface area contributed by atoms with Crippen LogP contribution in [0, 0.1) is 0 Å². The van der Waals surface area contributed by atoms with Gasteiger partial charge in [-0.25, -0.2) is 0 Å². The molecule has 1 aliphatic heterocycles. The molecule has 1 rings (SSSR count). The Morgan fingerprint density at radius 1 is 1.21 bits per heavy atom. The molecule has 1 heterocycles. The molecule has 0 aliphatic carbocycles. The molecule has 0 aromatic carbocycles. The number of hydrogen-bond donors (Lipinski definition) is 1. The lowest BCUT2D eigenvalue weighted by Gasteiger charge is -2.45. The molecule has 0 saturated carbocycles. The molecule has 4 atom stereocenters. The Bertz CT molecular complexity index is 263. The highest BCUT2D eigenvalue weighted by atomic mass is 28.4. The molecule has 0 amide bonds. The fourth-order valence-corrected chi connectivity index (χ4v) is 6.09. The molecule has 0 aromatic rings. The van der Waals surface area contributed by atoms with Gasteiger partial charge in [0.05, 0.1) is 18.2 Å². The van der Waals surface area contributed by atoms with Crippen molar-refractivity contribution in [2.24, 2.45) is 0 Å². The monoisotopic (exact) mass is 289 g/mol. The number of hydrogen-bond acceptors (Lipinski definition) is 4. The smallest absolute Gasteiger partial charge is 0.192 e. The minimum Gasteiger partial charge on any atom is -0.412 e. The SMILES string of the molecule is CC[Si](CC)(CC)O[C@H]1C[C@@H](O)O[C@@H](C)[C@H]1N(C)C. The summed E-state index contributed by atoms with van der Waals surface area (Å²) in [5, 5.41) is 9.86. The molecule has 114 valence electrons. The molecule has 19 heavy (non-hydrogen) atoms. The van der Waals surface area contributed by atoms with Crippen molar-refractivity contribution >= 4 is 8.32 Å². The van der Waals surface area contributed by atoms with Crippen molar-refractivity contribution in [1.29, 1.82) is 0 Å². The minimum atomic E-state index is -1.64. The van der Waals surface area contributed by atoms with E-state index in [0.29, 0.717) is 6.42 Å². The number of aliphatic hydroxyl groups is 1. The summed E-state index contributed by atoms with van der Waals surface area (Å²) in [7, 11) is 2.48. The van der Waals surface area contributed by atoms with E-state index in [-0.39, 0.29) is 18.2 Å². The number of aliphatic hydroxyl groups excluding tert-OH is 1. The van der Waals surface area contributed by atoms with Crippen LogP contribution in [0.5, 0.6) is 0 Å². The Morgan fingerprint density at radius 3 is 2.16 bits per heavy atom. The highest BCUT2D eigenvalue weighted by molar-refractivity contribution is 6.73. The Hall–Kier alpha value is 0.0569. The number of likely N-dealkylation sites (N-methyl/N-ethyl adjacent to an activating group) is 1. The van der Waals surface area contributed by atoms with Crippen molar-refractivity contribution in [3.63, 3.8) is 0 Å². The van der Waals surface area contributed by atoms with Gasteiger partial charge in [0.15, 0.2) is 14.6 Å². The first-order chi connectivity index (χ1) is 8.89. The van der Waals surface area contributed by atoms with Crippen LogP contribution >= 0.6 is 0 Å². The van der Waals surface area contributed by atoms with Crippen molar-refractivity contribution in [3.8, 4) is 0 Å². The van der Waals surface area contributed by atoms with Gasteiger partial charge in [-0.05, 0) is 39.2 Å². The first-order valence-electron chi connectivity index (χ1n) is 7.56. The predicted molar refractivity (Wildman–Crippen MR) is 80.7 cm³/mol. The molecule has 0 unspecified atom stereocenters. The van der Waals surface area contributed by atoms with Crippen LogP contribution in [0.1, 0.15) is 34.1 Å². The summed E-state index contributed by atoms with van der Waals surface area (Å²) in [6.45, 7) is 8.74. The molecule has 4 nitrogen and oxygen atoms in total. The van der Waals surface area contributed by atoms with Gasteiger partial charge in [-0.1, -0.05) is 20.8 Å². The molecule has 1 N–H and O–H groups in total. The molecule has 0 spiro atoms. The summed E-state index contributed by atoms with van der Waals surface area (Å²) in [6.07, 6.45) is -0.0168. The van der Waals surface area contributed by atoms with Gasteiger partial charge in [0.2, 0.25) is 0 Å². The number of nitrogens with zero attached hydrogens (tertiary/aromatic N) is 1. The zero-order chi connectivity index (χ0) is 14.6. The Morgan fingerprint density at radius 2 is 1.74 bits per heavy atom. The van der Waals surface area contributed by atoms with Crippen LogP contribution in [-0.2, 0) is 9.16 Å². The van der Waals surface area contributed by atoms with E-state index in [2.05, 4.69) is 39.8 Å². The normalized spacial score (nSPS) is 32.8. The average Bonchev–Trinajstić information content (AvgIpc) is 2.34. The fourth-order valence-electron chi connectivity index (χ4n) is 3.22. The van der Waals surface area contributed by atoms with E-state index in [9.17, 15) is 5.11 Å². The summed E-state index contributed by atoms with van der Waals surface area (Å²) in [5.74, 6) is 0. The quantitative estimate of drug-likeness (QED) is 0.763. The van der Waals surface area contributed by atoms with Crippen molar-refractivity contribution in [2.75, 3.05) is 14.1 Å². The second-order valence-electron chi connectivity index (χ2n) is 5.89. The van der Waals surface area contributed by atoms with Gasteiger partial charge in [0.1, 0.15) is 0 Å². The van der Waals surface area contributed by atoms with Crippen LogP contribution in [-0.4, -0.2) is 57.0 Å². The molecule has 1 aliphatic rings. The number of ether oxygens (including phenoxy) is 1. The number of rotatable bonds is 6. The van der Waals surface area contributed by atoms with Crippen LogP contribution in [0.4, 0.5) is 0 Å². The zero-order valence-corrected chi connectivity index (χ0v) is 14.3. The molecule has 1 saturated heterocycles. The molecule has 0 bridgehead atoms. The fraction of sp³-hybridized carbons (Fsp3) is 1.00. The van der Waals surface area contributed by atoms with E-state index in [1.165, 1.54) is 0 Å². The maximum atomic E-state index is 9.86. The van der Waals surface area contributed by atoms with Crippen molar-refractivity contribution < 1.29 is 14.3 Å². The third-order valence-electron chi connectivity index (χ3n) is 4.60. The van der Waals surface area contributed by atoms with Crippen LogP contribution in [0.2, 0.25) is 18.1 Å². The molecule has 0 aromatic heterocycles. The van der Waals surface area contributed by atoms with Gasteiger partial charge in [-0.2, -0.15) is 0 Å². The first-order valence-corrected chi connectivity index (χ1v) is 10.1. The maximum Gasteiger partial charge on any atom is 0.192 e. The molecule has 1 fully saturated rings. The third kappa shape index (κ3) is 4.01. The summed E-state index contributed by atoms with van der Waals surface area (Å²) in [4.78, 5) is 2.17. The van der Waals surface area contributed by atoms with Crippen molar-refractivity contribution in [3.05, 3.63) is 0 Å². The van der Waals surface area contributed by atoms with Crippen molar-refractivity contribution in [2.45, 2.75) is 76.8 Å². The molecular weight excluding hydrogens is 258 g/mol. The average molecular weight is 289 g/mol. The first kappa shape index (κ1) is 17.1. The predicted octanol–water partition coefficient (Wildman–Crippen LogP) is 2.43. The Kier molecular flexibility index (Phi) is 6.46. The van der Waals surface area contributed by atoms with Crippen LogP contribution in [0.3, 0.4) is 0 Å². The topological polar surface area (TPSA) is 41.9 Å². The highest BCUT2D eigenvalue weighted by Crippen LogP contribution is 2.31. The van der Waals surface area contributed by atoms with E-state index in [1.807, 2.05) is 6.92 Å². The third-order valence-corrected chi connectivity index (χ3v) is 9.27. The van der Waals surface area contributed by atoms with Crippen LogP contribution in [0.15, 0.2) is 0 Å². The second-order valence-corrected chi connectivity index (χ2v) is 10.6. The second kappa shape index (κ2) is 7.18. The van der Waals surface area contributed by atoms with E-state index in [1.54, 1.807) is 0 Å². The Labute approximate surface area is 119 Å². The zero-order valence-electron chi connectivity index (χ0n) is 13.3. The lowest BCUT2D eigenvalue weighted by Crippen LogP contribution is -2.58.